The van der Waals surface area contributed by atoms with Gasteiger partial charge in [-0.3, -0.25) is 37.3 Å². The zero-order chi connectivity index (χ0) is 70.4. The van der Waals surface area contributed by atoms with Gasteiger partial charge in [0.1, 0.15) is 19.3 Å². The maximum atomic E-state index is 13.1. The monoisotopic (exact) mass is 1410 g/mol. The highest BCUT2D eigenvalue weighted by Gasteiger charge is 2.30. The second-order valence-electron chi connectivity index (χ2n) is 27.4. The van der Waals surface area contributed by atoms with Gasteiger partial charge < -0.3 is 33.8 Å². The van der Waals surface area contributed by atoms with Crippen molar-refractivity contribution in [3.8, 4) is 0 Å². The van der Waals surface area contributed by atoms with Crippen molar-refractivity contribution in [1.29, 1.82) is 0 Å². The Morgan fingerprint density at radius 1 is 0.281 bits per heavy atom. The van der Waals surface area contributed by atoms with E-state index < -0.39 is 97.5 Å². The number of aliphatic hydroxyl groups excluding tert-OH is 1. The molecule has 0 aliphatic heterocycles. The predicted octanol–water partition coefficient (Wildman–Crippen LogP) is 22.8. The van der Waals surface area contributed by atoms with Crippen LogP contribution in [-0.2, 0) is 65.4 Å². The summed E-state index contributed by atoms with van der Waals surface area (Å²) in [7, 11) is -9.92. The summed E-state index contributed by atoms with van der Waals surface area (Å²) in [5.41, 5.74) is 0. The van der Waals surface area contributed by atoms with E-state index in [0.717, 1.165) is 103 Å². The third-order valence-corrected chi connectivity index (χ3v) is 19.7. The summed E-state index contributed by atoms with van der Waals surface area (Å²) in [5, 5.41) is 10.6. The fourth-order valence-electron chi connectivity index (χ4n) is 11.6. The molecule has 0 amide bonds. The van der Waals surface area contributed by atoms with E-state index in [0.29, 0.717) is 25.7 Å². The number of aliphatic hydroxyl groups is 1. The van der Waals surface area contributed by atoms with Gasteiger partial charge in [-0.25, -0.2) is 9.13 Å². The number of esters is 4. The van der Waals surface area contributed by atoms with Gasteiger partial charge >= 0.3 is 39.5 Å². The Morgan fingerprint density at radius 3 is 0.729 bits per heavy atom. The van der Waals surface area contributed by atoms with Crippen molar-refractivity contribution in [2.75, 3.05) is 39.6 Å². The number of hydrogen-bond donors (Lipinski definition) is 3. The van der Waals surface area contributed by atoms with E-state index in [1.807, 2.05) is 0 Å². The van der Waals surface area contributed by atoms with Gasteiger partial charge in [-0.2, -0.15) is 0 Å². The SMILES string of the molecule is CCCCCC/C=C\CCCCCCCC(=O)O[C@H](COC(=O)CCCCCCCCCCCCCCCCC)COP(=O)(O)OC[C@@H](O)COP(=O)(O)OC[C@@H](COC(=O)CCCCCCCCCCCCCCCCC)OC(=O)CCCCCCCCCCCCCCC. The predicted molar refractivity (Wildman–Crippen MR) is 391 cm³/mol. The van der Waals surface area contributed by atoms with E-state index in [1.54, 1.807) is 0 Å². The normalized spacial score (nSPS) is 13.9. The molecule has 2 unspecified atom stereocenters. The molecule has 568 valence electrons. The number of unbranched alkanes of at least 4 members (excludes halogenated alkanes) is 49. The van der Waals surface area contributed by atoms with E-state index in [2.05, 4.69) is 39.8 Å². The molecule has 0 aliphatic carbocycles. The van der Waals surface area contributed by atoms with Gasteiger partial charge in [-0.1, -0.05) is 335 Å². The molecule has 0 aliphatic rings. The van der Waals surface area contributed by atoms with E-state index in [1.165, 1.54) is 218 Å². The molecule has 0 aromatic carbocycles. The summed E-state index contributed by atoms with van der Waals surface area (Å²) in [6.07, 6.45) is 63.3. The average molecular weight is 1410 g/mol. The van der Waals surface area contributed by atoms with Crippen LogP contribution in [-0.4, -0.2) is 96.7 Å². The van der Waals surface area contributed by atoms with Crippen LogP contribution >= 0.6 is 15.6 Å². The van der Waals surface area contributed by atoms with E-state index in [-0.39, 0.29) is 25.7 Å². The Bertz CT molecular complexity index is 1870. The third-order valence-electron chi connectivity index (χ3n) is 17.8. The highest BCUT2D eigenvalue weighted by atomic mass is 31.2. The van der Waals surface area contributed by atoms with Gasteiger partial charge in [0.2, 0.25) is 0 Å². The number of phosphoric ester groups is 2. The minimum atomic E-state index is -4.96. The lowest BCUT2D eigenvalue weighted by Crippen LogP contribution is -2.30. The first-order valence-corrected chi connectivity index (χ1v) is 42.9. The molecular formula is C77H148O17P2. The summed E-state index contributed by atoms with van der Waals surface area (Å²) < 4.78 is 68.6. The summed E-state index contributed by atoms with van der Waals surface area (Å²) in [6.45, 7) is 4.97. The van der Waals surface area contributed by atoms with Crippen molar-refractivity contribution in [2.24, 2.45) is 0 Å². The van der Waals surface area contributed by atoms with Crippen molar-refractivity contribution < 1.29 is 80.2 Å². The van der Waals surface area contributed by atoms with Crippen LogP contribution in [0.25, 0.3) is 0 Å². The van der Waals surface area contributed by atoms with E-state index in [9.17, 15) is 43.2 Å². The van der Waals surface area contributed by atoms with Gasteiger partial charge in [-0.05, 0) is 51.4 Å². The molecule has 0 spiro atoms. The molecule has 0 heterocycles. The number of hydrogen-bond acceptors (Lipinski definition) is 15. The van der Waals surface area contributed by atoms with E-state index >= 15 is 0 Å². The number of carbonyl (C=O) groups excluding carboxylic acids is 4. The van der Waals surface area contributed by atoms with Gasteiger partial charge in [0.05, 0.1) is 26.4 Å². The van der Waals surface area contributed by atoms with E-state index in [4.69, 9.17) is 37.0 Å². The summed E-state index contributed by atoms with van der Waals surface area (Å²) in [6, 6.07) is 0. The number of phosphoric acid groups is 2. The Morgan fingerprint density at radius 2 is 0.479 bits per heavy atom. The largest absolute Gasteiger partial charge is 0.472 e. The van der Waals surface area contributed by atoms with Crippen LogP contribution in [0, 0.1) is 0 Å². The first-order valence-electron chi connectivity index (χ1n) is 39.9. The number of rotatable bonds is 77. The van der Waals surface area contributed by atoms with Crippen LogP contribution < -0.4 is 0 Å². The molecular weight excluding hydrogens is 1260 g/mol. The summed E-state index contributed by atoms with van der Waals surface area (Å²) in [4.78, 5) is 72.9. The lowest BCUT2D eigenvalue weighted by Gasteiger charge is -2.21. The van der Waals surface area contributed by atoms with Crippen molar-refractivity contribution >= 4 is 39.5 Å². The molecule has 19 heteroatoms. The molecule has 0 radical (unpaired) electrons. The number of allylic oxidation sites excluding steroid dienone is 2. The van der Waals surface area contributed by atoms with Crippen LogP contribution in [0.4, 0.5) is 0 Å². The smallest absolute Gasteiger partial charge is 0.462 e. The first kappa shape index (κ1) is 93.8. The first-order chi connectivity index (χ1) is 46.7. The zero-order valence-electron chi connectivity index (χ0n) is 62.1. The standard InChI is InChI=1S/C77H148O17P2/c1-5-9-13-17-21-25-29-33-35-39-41-45-49-53-57-61-74(79)87-67-72(93-76(81)63-59-55-51-47-43-37-31-27-23-19-15-11-7-3)69-91-95(83,84)89-65-71(78)66-90-96(85,86)92-70-73(94-77(82)64-60-56-52-48-44-38-32-28-24-20-16-12-8-4)68-88-75(80)62-58-54-50-46-42-40-36-34-30-26-22-18-14-10-6-2/h27,31,71-73,78H,5-26,28-30,32-70H2,1-4H3,(H,83,84)(H,85,86)/b31-27-/t71-,72-,73-/m1/s1. The zero-order valence-corrected chi connectivity index (χ0v) is 63.9. The second-order valence-corrected chi connectivity index (χ2v) is 30.3. The highest BCUT2D eigenvalue weighted by molar-refractivity contribution is 7.47. The molecule has 0 rings (SSSR count). The van der Waals surface area contributed by atoms with Crippen molar-refractivity contribution in [2.45, 2.75) is 418 Å². The lowest BCUT2D eigenvalue weighted by atomic mass is 10.0. The average Bonchev–Trinajstić information content (AvgIpc) is 1.15. The minimum Gasteiger partial charge on any atom is -0.462 e. The van der Waals surface area contributed by atoms with Gasteiger partial charge in [0.25, 0.3) is 0 Å². The van der Waals surface area contributed by atoms with Crippen molar-refractivity contribution in [3.63, 3.8) is 0 Å². The van der Waals surface area contributed by atoms with Gasteiger partial charge in [-0.15, -0.1) is 0 Å². The lowest BCUT2D eigenvalue weighted by molar-refractivity contribution is -0.161. The molecule has 5 atom stereocenters. The Kier molecular flexibility index (Phi) is 69.6. The summed E-state index contributed by atoms with van der Waals surface area (Å²) >= 11 is 0. The van der Waals surface area contributed by atoms with Crippen LogP contribution in [0.5, 0.6) is 0 Å². The second kappa shape index (κ2) is 71.2. The molecule has 0 aromatic rings. The van der Waals surface area contributed by atoms with Gasteiger partial charge in [0.15, 0.2) is 12.2 Å². The highest BCUT2D eigenvalue weighted by Crippen LogP contribution is 2.45. The van der Waals surface area contributed by atoms with Crippen molar-refractivity contribution in [1.82, 2.24) is 0 Å². The third kappa shape index (κ3) is 70.2. The Labute approximate surface area is 587 Å². The van der Waals surface area contributed by atoms with Crippen LogP contribution in [0.3, 0.4) is 0 Å². The molecule has 3 N–H and O–H groups in total. The quantitative estimate of drug-likeness (QED) is 0.0169. The maximum absolute atomic E-state index is 13.1. The van der Waals surface area contributed by atoms with Crippen molar-refractivity contribution in [3.05, 3.63) is 12.2 Å². The van der Waals surface area contributed by atoms with Gasteiger partial charge in [0, 0.05) is 25.7 Å². The van der Waals surface area contributed by atoms with Crippen LogP contribution in [0.15, 0.2) is 12.2 Å². The molecule has 17 nitrogen and oxygen atoms in total. The molecule has 0 bridgehead atoms. The maximum Gasteiger partial charge on any atom is 0.472 e. The molecule has 96 heavy (non-hydrogen) atoms. The van der Waals surface area contributed by atoms with Crippen LogP contribution in [0.2, 0.25) is 0 Å². The molecule has 0 saturated heterocycles. The molecule has 0 fully saturated rings. The molecule has 0 aromatic heterocycles. The van der Waals surface area contributed by atoms with Crippen LogP contribution in [0.1, 0.15) is 400 Å². The fourth-order valence-corrected chi connectivity index (χ4v) is 13.2. The Balaban J connectivity index is 5.26. The topological polar surface area (TPSA) is 237 Å². The molecule has 0 saturated carbocycles. The fraction of sp³-hybridized carbons (Fsp3) is 0.922. The number of ether oxygens (including phenoxy) is 4. The number of carbonyl (C=O) groups is 4. The Hall–Kier alpha value is -2.20. The summed E-state index contributed by atoms with van der Waals surface area (Å²) in [5.74, 6) is -2.12. The minimum absolute atomic E-state index is 0.0948.